The third kappa shape index (κ3) is 3.16. The van der Waals surface area contributed by atoms with Crippen molar-refractivity contribution in [2.24, 2.45) is 0 Å². The van der Waals surface area contributed by atoms with Crippen LogP contribution in [0.4, 0.5) is 0 Å². The summed E-state index contributed by atoms with van der Waals surface area (Å²) in [6.07, 6.45) is 2.02. The second kappa shape index (κ2) is 6.04. The number of benzene rings is 2. The normalized spacial score (nSPS) is 10.7. The van der Waals surface area contributed by atoms with Crippen LogP contribution in [-0.4, -0.2) is 30.0 Å². The van der Waals surface area contributed by atoms with Gasteiger partial charge in [0.1, 0.15) is 0 Å². The quantitative estimate of drug-likeness (QED) is 0.687. The SMILES string of the molecule is Cc1ccc(-n2cc(C[Se]c3ccccc3)nn2)cc1. The van der Waals surface area contributed by atoms with Gasteiger partial charge in [-0.3, -0.25) is 0 Å². The summed E-state index contributed by atoms with van der Waals surface area (Å²) in [6.45, 7) is 2.08. The molecule has 0 N–H and O–H groups in total. The minimum atomic E-state index is 0.412. The fourth-order valence-corrected chi connectivity index (χ4v) is 3.53. The molecule has 0 saturated carbocycles. The third-order valence-corrected chi connectivity index (χ3v) is 5.16. The molecule has 1 heterocycles. The van der Waals surface area contributed by atoms with Crippen LogP contribution < -0.4 is 4.46 Å². The first-order valence-electron chi connectivity index (χ1n) is 6.47. The summed E-state index contributed by atoms with van der Waals surface area (Å²) in [5.74, 6) is 0. The maximum absolute atomic E-state index is 4.26. The first kappa shape index (κ1) is 13.1. The van der Waals surface area contributed by atoms with Crippen molar-refractivity contribution in [1.82, 2.24) is 15.0 Å². The van der Waals surface area contributed by atoms with Crippen LogP contribution >= 0.6 is 0 Å². The summed E-state index contributed by atoms with van der Waals surface area (Å²) in [5.41, 5.74) is 3.36. The Morgan fingerprint density at radius 3 is 2.50 bits per heavy atom. The zero-order chi connectivity index (χ0) is 13.8. The topological polar surface area (TPSA) is 30.7 Å². The van der Waals surface area contributed by atoms with E-state index >= 15 is 0 Å². The van der Waals surface area contributed by atoms with Crippen LogP contribution in [0.3, 0.4) is 0 Å². The number of hydrogen-bond donors (Lipinski definition) is 0. The van der Waals surface area contributed by atoms with E-state index in [0.717, 1.165) is 16.7 Å². The predicted octanol–water partition coefficient (Wildman–Crippen LogP) is 2.11. The van der Waals surface area contributed by atoms with Crippen molar-refractivity contribution in [3.8, 4) is 5.69 Å². The van der Waals surface area contributed by atoms with Crippen molar-refractivity contribution in [3.05, 3.63) is 72.1 Å². The Balaban J connectivity index is 1.69. The van der Waals surface area contributed by atoms with Gasteiger partial charge in [-0.1, -0.05) is 0 Å². The van der Waals surface area contributed by atoms with E-state index in [9.17, 15) is 0 Å². The molecular formula is C16H15N3Se. The molecule has 0 aliphatic heterocycles. The van der Waals surface area contributed by atoms with Gasteiger partial charge in [0.2, 0.25) is 0 Å². The van der Waals surface area contributed by atoms with E-state index in [1.54, 1.807) is 0 Å². The van der Waals surface area contributed by atoms with Gasteiger partial charge >= 0.3 is 124 Å². The molecule has 1 aromatic heterocycles. The third-order valence-electron chi connectivity index (χ3n) is 2.97. The van der Waals surface area contributed by atoms with Gasteiger partial charge in [-0.15, -0.1) is 0 Å². The average Bonchev–Trinajstić information content (AvgIpc) is 2.96. The first-order chi connectivity index (χ1) is 9.81. The fraction of sp³-hybridized carbons (Fsp3) is 0.125. The average molecular weight is 328 g/mol. The van der Waals surface area contributed by atoms with Gasteiger partial charge < -0.3 is 0 Å². The first-order valence-corrected chi connectivity index (χ1v) is 8.54. The van der Waals surface area contributed by atoms with Gasteiger partial charge in [0.25, 0.3) is 0 Å². The molecule has 4 heteroatoms. The van der Waals surface area contributed by atoms with Crippen LogP contribution in [0, 0.1) is 6.92 Å². The van der Waals surface area contributed by atoms with E-state index in [1.807, 2.05) is 16.9 Å². The van der Waals surface area contributed by atoms with E-state index in [0.29, 0.717) is 15.0 Å². The van der Waals surface area contributed by atoms with Crippen molar-refractivity contribution < 1.29 is 0 Å². The zero-order valence-electron chi connectivity index (χ0n) is 11.2. The van der Waals surface area contributed by atoms with Crippen LogP contribution in [0.5, 0.6) is 0 Å². The van der Waals surface area contributed by atoms with Gasteiger partial charge in [0.15, 0.2) is 0 Å². The number of nitrogens with zero attached hydrogens (tertiary/aromatic N) is 3. The molecule has 3 nitrogen and oxygen atoms in total. The summed E-state index contributed by atoms with van der Waals surface area (Å²) in [6, 6.07) is 18.9. The van der Waals surface area contributed by atoms with Crippen LogP contribution in [0.2, 0.25) is 0 Å². The molecule has 0 amide bonds. The van der Waals surface area contributed by atoms with E-state index in [1.165, 1.54) is 10.0 Å². The van der Waals surface area contributed by atoms with E-state index < -0.39 is 0 Å². The van der Waals surface area contributed by atoms with Gasteiger partial charge in [-0.2, -0.15) is 0 Å². The molecule has 0 aliphatic carbocycles. The van der Waals surface area contributed by atoms with Crippen LogP contribution in [-0.2, 0) is 5.32 Å². The summed E-state index contributed by atoms with van der Waals surface area (Å²) in [4.78, 5) is 0. The molecule has 0 fully saturated rings. The molecule has 0 radical (unpaired) electrons. The molecule has 0 atom stereocenters. The number of aryl methyl sites for hydroxylation is 1. The van der Waals surface area contributed by atoms with Gasteiger partial charge in [-0.25, -0.2) is 0 Å². The molecule has 0 saturated heterocycles. The zero-order valence-corrected chi connectivity index (χ0v) is 12.9. The molecule has 100 valence electrons. The molecule has 0 bridgehead atoms. The van der Waals surface area contributed by atoms with Crippen LogP contribution in [0.15, 0.2) is 60.8 Å². The monoisotopic (exact) mass is 329 g/mol. The molecule has 3 rings (SSSR count). The molecule has 0 aliphatic rings. The number of rotatable bonds is 4. The predicted molar refractivity (Wildman–Crippen MR) is 81.6 cm³/mol. The summed E-state index contributed by atoms with van der Waals surface area (Å²) in [5, 5.41) is 9.44. The van der Waals surface area contributed by atoms with E-state index in [4.69, 9.17) is 0 Å². The van der Waals surface area contributed by atoms with Crippen molar-refractivity contribution >= 4 is 19.4 Å². The fourth-order valence-electron chi connectivity index (χ4n) is 1.86. The van der Waals surface area contributed by atoms with Crippen LogP contribution in [0.25, 0.3) is 5.69 Å². The number of hydrogen-bond acceptors (Lipinski definition) is 2. The Bertz CT molecular complexity index is 674. The Morgan fingerprint density at radius 1 is 1.00 bits per heavy atom. The summed E-state index contributed by atoms with van der Waals surface area (Å²) >= 11 is 0.412. The van der Waals surface area contributed by atoms with Gasteiger partial charge in [-0.05, 0) is 0 Å². The Kier molecular flexibility index (Phi) is 3.95. The standard InChI is InChI=1S/C16H15N3Se/c1-13-7-9-15(10-8-13)19-11-14(17-18-19)12-20-16-5-3-2-4-6-16/h2-11H,12H2,1H3. The molecule has 20 heavy (non-hydrogen) atoms. The summed E-state index contributed by atoms with van der Waals surface area (Å²) < 4.78 is 3.24. The Morgan fingerprint density at radius 2 is 1.75 bits per heavy atom. The van der Waals surface area contributed by atoms with Gasteiger partial charge in [0, 0.05) is 0 Å². The van der Waals surface area contributed by atoms with Gasteiger partial charge in [0.05, 0.1) is 0 Å². The maximum atomic E-state index is 4.26. The minimum absolute atomic E-state index is 0.412. The molecule has 0 unspecified atom stereocenters. The van der Waals surface area contributed by atoms with E-state index in [2.05, 4.69) is 65.8 Å². The van der Waals surface area contributed by atoms with E-state index in [-0.39, 0.29) is 0 Å². The molecule has 2 aromatic carbocycles. The Hall–Kier alpha value is -1.90. The second-order valence-corrected chi connectivity index (χ2v) is 6.79. The molecule has 0 spiro atoms. The Labute approximate surface area is 124 Å². The van der Waals surface area contributed by atoms with Crippen LogP contribution in [0.1, 0.15) is 11.3 Å². The second-order valence-electron chi connectivity index (χ2n) is 4.59. The van der Waals surface area contributed by atoms with Crippen molar-refractivity contribution in [2.75, 3.05) is 0 Å². The van der Waals surface area contributed by atoms with Crippen molar-refractivity contribution in [1.29, 1.82) is 0 Å². The molecular weight excluding hydrogens is 313 g/mol. The van der Waals surface area contributed by atoms with Crippen molar-refractivity contribution in [2.45, 2.75) is 12.2 Å². The number of aromatic nitrogens is 3. The molecule has 3 aromatic rings. The van der Waals surface area contributed by atoms with Crippen molar-refractivity contribution in [3.63, 3.8) is 0 Å². The summed E-state index contributed by atoms with van der Waals surface area (Å²) in [7, 11) is 0.